The maximum absolute atomic E-state index is 3.92. The molecule has 2 fully saturated rings. The maximum Gasteiger partial charge on any atom is 0.00695 e. The normalized spacial score (nSPS) is 27.9. The highest BCUT2D eigenvalue weighted by Crippen LogP contribution is 2.29. The van der Waals surface area contributed by atoms with Gasteiger partial charge in [-0.3, -0.25) is 0 Å². The van der Waals surface area contributed by atoms with Crippen molar-refractivity contribution >= 4 is 0 Å². The summed E-state index contributed by atoms with van der Waals surface area (Å²) in [6.07, 6.45) is 14.7. The lowest BCUT2D eigenvalue weighted by Gasteiger charge is -2.35. The molecule has 0 amide bonds. The molecule has 0 radical (unpaired) electrons. The topological polar surface area (TPSA) is 12.0 Å². The Kier molecular flexibility index (Phi) is 5.34. The molecule has 1 N–H and O–H groups in total. The van der Waals surface area contributed by atoms with E-state index in [1.165, 1.54) is 64.2 Å². The van der Waals surface area contributed by atoms with E-state index in [0.717, 1.165) is 23.9 Å². The summed E-state index contributed by atoms with van der Waals surface area (Å²) in [5.41, 5.74) is 0. The summed E-state index contributed by atoms with van der Waals surface area (Å²) in [5, 5.41) is 3.92. The summed E-state index contributed by atoms with van der Waals surface area (Å²) in [4.78, 5) is 0. The molecule has 0 bridgehead atoms. The van der Waals surface area contributed by atoms with Gasteiger partial charge in [0.15, 0.2) is 0 Å². The summed E-state index contributed by atoms with van der Waals surface area (Å²) in [6.45, 7) is 4.85. The van der Waals surface area contributed by atoms with Gasteiger partial charge in [0.1, 0.15) is 0 Å². The lowest BCUT2D eigenvalue weighted by molar-refractivity contribution is 0.218. The van der Waals surface area contributed by atoms with Gasteiger partial charge in [-0.05, 0) is 51.4 Å². The summed E-state index contributed by atoms with van der Waals surface area (Å²) in [7, 11) is 0. The van der Waals surface area contributed by atoms with E-state index in [0.29, 0.717) is 0 Å². The Bertz CT molecular complexity index is 180. The molecule has 2 saturated carbocycles. The molecule has 2 aliphatic rings. The molecular formula is C16H31N. The summed E-state index contributed by atoms with van der Waals surface area (Å²) in [5.74, 6) is 1.91. The minimum atomic E-state index is 0.743. The van der Waals surface area contributed by atoms with Gasteiger partial charge in [0, 0.05) is 12.1 Å². The molecule has 2 rings (SSSR count). The minimum absolute atomic E-state index is 0.743. The van der Waals surface area contributed by atoms with E-state index in [-0.39, 0.29) is 0 Å². The third-order valence-electron chi connectivity index (χ3n) is 5.24. The quantitative estimate of drug-likeness (QED) is 0.758. The SMILES string of the molecule is CC(N[C@@H](C)C1CCCCC1)C1CCCCC1. The van der Waals surface area contributed by atoms with Crippen LogP contribution in [-0.4, -0.2) is 12.1 Å². The van der Waals surface area contributed by atoms with Crippen molar-refractivity contribution in [1.29, 1.82) is 0 Å². The van der Waals surface area contributed by atoms with Crippen LogP contribution in [0.1, 0.15) is 78.1 Å². The molecule has 0 heterocycles. The molecule has 0 aromatic rings. The first-order valence-electron chi connectivity index (χ1n) is 8.03. The molecule has 1 unspecified atom stereocenters. The average Bonchev–Trinajstić information content (AvgIpc) is 2.40. The zero-order valence-electron chi connectivity index (χ0n) is 11.9. The van der Waals surface area contributed by atoms with Crippen LogP contribution in [0.4, 0.5) is 0 Å². The second-order valence-corrected chi connectivity index (χ2v) is 6.54. The van der Waals surface area contributed by atoms with E-state index >= 15 is 0 Å². The Morgan fingerprint density at radius 2 is 1.00 bits per heavy atom. The molecule has 17 heavy (non-hydrogen) atoms. The van der Waals surface area contributed by atoms with Crippen molar-refractivity contribution in [1.82, 2.24) is 5.32 Å². The maximum atomic E-state index is 3.92. The lowest BCUT2D eigenvalue weighted by atomic mass is 9.81. The van der Waals surface area contributed by atoms with Gasteiger partial charge in [-0.15, -0.1) is 0 Å². The van der Waals surface area contributed by atoms with Crippen LogP contribution in [0.3, 0.4) is 0 Å². The number of nitrogens with one attached hydrogen (secondary N) is 1. The van der Waals surface area contributed by atoms with Crippen LogP contribution in [0, 0.1) is 11.8 Å². The summed E-state index contributed by atoms with van der Waals surface area (Å²) < 4.78 is 0. The average molecular weight is 237 g/mol. The fourth-order valence-corrected chi connectivity index (χ4v) is 3.96. The van der Waals surface area contributed by atoms with Crippen LogP contribution in [0.15, 0.2) is 0 Å². The smallest absolute Gasteiger partial charge is 0.00695 e. The van der Waals surface area contributed by atoms with Crippen LogP contribution in [-0.2, 0) is 0 Å². The van der Waals surface area contributed by atoms with Crippen LogP contribution in [0.5, 0.6) is 0 Å². The van der Waals surface area contributed by atoms with Crippen molar-refractivity contribution in [2.24, 2.45) is 11.8 Å². The standard InChI is InChI=1S/C16H31N/c1-13(15-9-5-3-6-10-15)17-14(2)16-11-7-4-8-12-16/h13-17H,3-12H2,1-2H3/t13-,14?/m0/s1. The van der Waals surface area contributed by atoms with Crippen molar-refractivity contribution in [3.8, 4) is 0 Å². The fourth-order valence-electron chi connectivity index (χ4n) is 3.96. The summed E-state index contributed by atoms with van der Waals surface area (Å²) >= 11 is 0. The zero-order chi connectivity index (χ0) is 12.1. The van der Waals surface area contributed by atoms with Crippen molar-refractivity contribution in [3.05, 3.63) is 0 Å². The third-order valence-corrected chi connectivity index (χ3v) is 5.24. The molecule has 0 aliphatic heterocycles. The predicted octanol–water partition coefficient (Wildman–Crippen LogP) is 4.51. The second kappa shape index (κ2) is 6.78. The van der Waals surface area contributed by atoms with Crippen LogP contribution < -0.4 is 5.32 Å². The largest absolute Gasteiger partial charge is 0.311 e. The van der Waals surface area contributed by atoms with E-state index in [1.54, 1.807) is 0 Å². The van der Waals surface area contributed by atoms with Crippen LogP contribution in [0.2, 0.25) is 0 Å². The van der Waals surface area contributed by atoms with E-state index in [4.69, 9.17) is 0 Å². The highest BCUT2D eigenvalue weighted by molar-refractivity contribution is 4.82. The Balaban J connectivity index is 1.74. The molecule has 2 atom stereocenters. The number of hydrogen-bond acceptors (Lipinski definition) is 1. The molecule has 0 saturated heterocycles. The van der Waals surface area contributed by atoms with E-state index in [9.17, 15) is 0 Å². The minimum Gasteiger partial charge on any atom is -0.311 e. The Morgan fingerprint density at radius 3 is 1.35 bits per heavy atom. The van der Waals surface area contributed by atoms with Gasteiger partial charge < -0.3 is 5.32 Å². The molecule has 1 heteroatoms. The molecule has 0 aromatic carbocycles. The van der Waals surface area contributed by atoms with Crippen molar-refractivity contribution < 1.29 is 0 Å². The molecular weight excluding hydrogens is 206 g/mol. The lowest BCUT2D eigenvalue weighted by Crippen LogP contribution is -2.44. The van der Waals surface area contributed by atoms with Gasteiger partial charge in [0.25, 0.3) is 0 Å². The fraction of sp³-hybridized carbons (Fsp3) is 1.00. The van der Waals surface area contributed by atoms with Gasteiger partial charge in [0.05, 0.1) is 0 Å². The first-order valence-corrected chi connectivity index (χ1v) is 8.03. The van der Waals surface area contributed by atoms with E-state index in [1.807, 2.05) is 0 Å². The van der Waals surface area contributed by atoms with Gasteiger partial charge in [-0.1, -0.05) is 38.5 Å². The predicted molar refractivity (Wildman–Crippen MR) is 75.2 cm³/mol. The highest BCUT2D eigenvalue weighted by Gasteiger charge is 2.25. The van der Waals surface area contributed by atoms with Gasteiger partial charge >= 0.3 is 0 Å². The van der Waals surface area contributed by atoms with E-state index in [2.05, 4.69) is 19.2 Å². The molecule has 2 aliphatic carbocycles. The van der Waals surface area contributed by atoms with Gasteiger partial charge in [-0.25, -0.2) is 0 Å². The van der Waals surface area contributed by atoms with Gasteiger partial charge in [0.2, 0.25) is 0 Å². The number of rotatable bonds is 4. The van der Waals surface area contributed by atoms with Crippen molar-refractivity contribution in [2.75, 3.05) is 0 Å². The second-order valence-electron chi connectivity index (χ2n) is 6.54. The summed E-state index contributed by atoms with van der Waals surface area (Å²) in [6, 6.07) is 1.49. The van der Waals surface area contributed by atoms with Crippen LogP contribution >= 0.6 is 0 Å². The molecule has 100 valence electrons. The van der Waals surface area contributed by atoms with Crippen molar-refractivity contribution in [3.63, 3.8) is 0 Å². The molecule has 0 aromatic heterocycles. The van der Waals surface area contributed by atoms with Gasteiger partial charge in [-0.2, -0.15) is 0 Å². The van der Waals surface area contributed by atoms with Crippen LogP contribution in [0.25, 0.3) is 0 Å². The monoisotopic (exact) mass is 237 g/mol. The van der Waals surface area contributed by atoms with E-state index < -0.39 is 0 Å². The first kappa shape index (κ1) is 13.4. The highest BCUT2D eigenvalue weighted by atomic mass is 15.0. The number of hydrogen-bond donors (Lipinski definition) is 1. The third kappa shape index (κ3) is 3.98. The Hall–Kier alpha value is -0.0400. The van der Waals surface area contributed by atoms with Crippen molar-refractivity contribution in [2.45, 2.75) is 90.1 Å². The molecule has 1 nitrogen and oxygen atoms in total. The first-order chi connectivity index (χ1) is 8.27. The Morgan fingerprint density at radius 1 is 0.647 bits per heavy atom. The molecule has 0 spiro atoms. The Labute approximate surface area is 108 Å². The zero-order valence-corrected chi connectivity index (χ0v) is 11.9.